The Morgan fingerprint density at radius 1 is 1.05 bits per heavy atom. The molecule has 3 aromatic rings. The molecule has 0 amide bonds. The van der Waals surface area contributed by atoms with E-state index in [0.717, 1.165) is 5.69 Å². The molecule has 0 spiro atoms. The van der Waals surface area contributed by atoms with E-state index in [2.05, 4.69) is 42.6 Å². The van der Waals surface area contributed by atoms with E-state index >= 15 is 0 Å². The third kappa shape index (κ3) is 2.78. The predicted molar refractivity (Wildman–Crippen MR) is 90.3 cm³/mol. The van der Waals surface area contributed by atoms with Gasteiger partial charge in [0.15, 0.2) is 0 Å². The minimum Gasteiger partial charge on any atom is -0.376 e. The van der Waals surface area contributed by atoms with Gasteiger partial charge in [0, 0.05) is 14.6 Å². The van der Waals surface area contributed by atoms with Crippen LogP contribution >= 0.6 is 34.5 Å². The first-order valence-electron chi connectivity index (χ1n) is 6.33. The van der Waals surface area contributed by atoms with Gasteiger partial charge in [-0.2, -0.15) is 0 Å². The molecule has 3 rings (SSSR count). The van der Waals surface area contributed by atoms with E-state index in [-0.39, 0.29) is 6.04 Å². The van der Waals surface area contributed by atoms with Crippen molar-refractivity contribution in [3.05, 3.63) is 63.5 Å². The fraction of sp³-hybridized carbons (Fsp3) is 0.125. The summed E-state index contributed by atoms with van der Waals surface area (Å²) in [5.41, 5.74) is 0.904. The Balaban J connectivity index is 1.86. The number of nitrogens with one attached hydrogen (secondary N) is 1. The molecule has 1 aromatic heterocycles. The fourth-order valence-electron chi connectivity index (χ4n) is 2.13. The summed E-state index contributed by atoms with van der Waals surface area (Å²) in [5.74, 6) is 0. The molecule has 0 radical (unpaired) electrons. The van der Waals surface area contributed by atoms with Crippen LogP contribution in [0.4, 0.5) is 5.69 Å². The summed E-state index contributed by atoms with van der Waals surface area (Å²) < 4.78 is 1.30. The maximum absolute atomic E-state index is 6.20. The third-order valence-corrected chi connectivity index (χ3v) is 5.02. The molecule has 1 N–H and O–H groups in total. The molecular formula is C16H13Cl2NS. The van der Waals surface area contributed by atoms with E-state index in [1.807, 2.05) is 12.1 Å². The first-order chi connectivity index (χ1) is 9.63. The van der Waals surface area contributed by atoms with Gasteiger partial charge < -0.3 is 5.32 Å². The van der Waals surface area contributed by atoms with Gasteiger partial charge in [0.1, 0.15) is 0 Å². The Morgan fingerprint density at radius 3 is 2.60 bits per heavy atom. The smallest absolute Gasteiger partial charge is 0.0652 e. The van der Waals surface area contributed by atoms with E-state index in [4.69, 9.17) is 23.2 Å². The number of rotatable bonds is 3. The highest BCUT2D eigenvalue weighted by atomic mass is 35.5. The van der Waals surface area contributed by atoms with Crippen LogP contribution in [-0.2, 0) is 0 Å². The SMILES string of the molecule is CC(Nc1ccc(Cl)cc1Cl)c1cc2ccccc2s1. The largest absolute Gasteiger partial charge is 0.376 e. The van der Waals surface area contributed by atoms with E-state index in [1.54, 1.807) is 17.4 Å². The zero-order valence-electron chi connectivity index (χ0n) is 10.9. The molecule has 102 valence electrons. The van der Waals surface area contributed by atoms with Crippen molar-refractivity contribution in [1.82, 2.24) is 0 Å². The number of anilines is 1. The lowest BCUT2D eigenvalue weighted by Crippen LogP contribution is -2.05. The topological polar surface area (TPSA) is 12.0 Å². The molecule has 20 heavy (non-hydrogen) atoms. The maximum Gasteiger partial charge on any atom is 0.0652 e. The Morgan fingerprint density at radius 2 is 1.85 bits per heavy atom. The molecular weight excluding hydrogens is 309 g/mol. The van der Waals surface area contributed by atoms with Crippen LogP contribution in [0.25, 0.3) is 10.1 Å². The molecule has 0 saturated carbocycles. The van der Waals surface area contributed by atoms with Crippen LogP contribution in [0.2, 0.25) is 10.0 Å². The molecule has 1 heterocycles. The van der Waals surface area contributed by atoms with Gasteiger partial charge in [0.05, 0.1) is 16.8 Å². The van der Waals surface area contributed by atoms with Gasteiger partial charge in [-0.15, -0.1) is 11.3 Å². The first kappa shape index (κ1) is 13.7. The minimum atomic E-state index is 0.200. The van der Waals surface area contributed by atoms with Crippen LogP contribution in [0.15, 0.2) is 48.5 Å². The highest BCUT2D eigenvalue weighted by molar-refractivity contribution is 7.19. The van der Waals surface area contributed by atoms with Gasteiger partial charge >= 0.3 is 0 Å². The Bertz CT molecular complexity index is 718. The number of hydrogen-bond donors (Lipinski definition) is 1. The maximum atomic E-state index is 6.20. The predicted octanol–water partition coefficient (Wildman–Crippen LogP) is 6.38. The Kier molecular flexibility index (Phi) is 3.88. The van der Waals surface area contributed by atoms with Gasteiger partial charge in [-0.1, -0.05) is 41.4 Å². The quantitative estimate of drug-likeness (QED) is 0.590. The standard InChI is InChI=1S/C16H13Cl2NS/c1-10(19-14-7-6-12(17)9-13(14)18)16-8-11-4-2-3-5-15(11)20-16/h2-10,19H,1H3. The summed E-state index contributed by atoms with van der Waals surface area (Å²) in [6.07, 6.45) is 0. The number of fused-ring (bicyclic) bond motifs is 1. The van der Waals surface area contributed by atoms with Gasteiger partial charge in [-0.05, 0) is 42.6 Å². The van der Waals surface area contributed by atoms with Crippen molar-refractivity contribution in [2.24, 2.45) is 0 Å². The van der Waals surface area contributed by atoms with Gasteiger partial charge in [0.2, 0.25) is 0 Å². The average molecular weight is 322 g/mol. The molecule has 1 atom stereocenters. The van der Waals surface area contributed by atoms with Crippen LogP contribution in [0, 0.1) is 0 Å². The summed E-state index contributed by atoms with van der Waals surface area (Å²) in [7, 11) is 0. The molecule has 0 aliphatic carbocycles. The molecule has 0 fully saturated rings. The van der Waals surface area contributed by atoms with Gasteiger partial charge in [-0.3, -0.25) is 0 Å². The van der Waals surface area contributed by atoms with Crippen LogP contribution in [0.3, 0.4) is 0 Å². The van der Waals surface area contributed by atoms with Crippen molar-refractivity contribution in [2.75, 3.05) is 5.32 Å². The number of hydrogen-bond acceptors (Lipinski definition) is 2. The lowest BCUT2D eigenvalue weighted by Gasteiger charge is -2.15. The number of benzene rings is 2. The number of halogens is 2. The fourth-order valence-corrected chi connectivity index (χ4v) is 3.66. The first-order valence-corrected chi connectivity index (χ1v) is 7.91. The zero-order valence-corrected chi connectivity index (χ0v) is 13.2. The normalized spacial score (nSPS) is 12.6. The Labute approximate surface area is 132 Å². The lowest BCUT2D eigenvalue weighted by atomic mass is 10.2. The minimum absolute atomic E-state index is 0.200. The lowest BCUT2D eigenvalue weighted by molar-refractivity contribution is 0.909. The summed E-state index contributed by atoms with van der Waals surface area (Å²) in [6, 6.07) is 16.3. The molecule has 2 aromatic carbocycles. The van der Waals surface area contributed by atoms with Gasteiger partial charge in [-0.25, -0.2) is 0 Å². The second-order valence-electron chi connectivity index (χ2n) is 4.68. The monoisotopic (exact) mass is 321 g/mol. The second-order valence-corrected chi connectivity index (χ2v) is 6.64. The van der Waals surface area contributed by atoms with Crippen molar-refractivity contribution in [1.29, 1.82) is 0 Å². The molecule has 4 heteroatoms. The molecule has 0 aliphatic rings. The summed E-state index contributed by atoms with van der Waals surface area (Å²) in [4.78, 5) is 1.29. The van der Waals surface area contributed by atoms with Crippen molar-refractivity contribution in [3.63, 3.8) is 0 Å². The van der Waals surface area contributed by atoms with Crippen molar-refractivity contribution >= 4 is 50.3 Å². The van der Waals surface area contributed by atoms with Crippen LogP contribution in [0.1, 0.15) is 17.8 Å². The summed E-state index contributed by atoms with van der Waals surface area (Å²) in [5, 5.41) is 6.01. The zero-order chi connectivity index (χ0) is 14.1. The van der Waals surface area contributed by atoms with Crippen molar-refractivity contribution < 1.29 is 0 Å². The van der Waals surface area contributed by atoms with Crippen LogP contribution < -0.4 is 5.32 Å². The average Bonchev–Trinajstić information content (AvgIpc) is 2.86. The molecule has 0 aliphatic heterocycles. The second kappa shape index (κ2) is 5.65. The Hall–Kier alpha value is -1.22. The number of thiophene rings is 1. The van der Waals surface area contributed by atoms with E-state index in [0.29, 0.717) is 10.0 Å². The molecule has 0 saturated heterocycles. The highest BCUT2D eigenvalue weighted by Gasteiger charge is 2.11. The summed E-state index contributed by atoms with van der Waals surface area (Å²) in [6.45, 7) is 2.13. The van der Waals surface area contributed by atoms with Crippen LogP contribution in [-0.4, -0.2) is 0 Å². The molecule has 1 nitrogen and oxygen atoms in total. The highest BCUT2D eigenvalue weighted by Crippen LogP contribution is 2.33. The van der Waals surface area contributed by atoms with E-state index in [9.17, 15) is 0 Å². The van der Waals surface area contributed by atoms with E-state index in [1.165, 1.54) is 15.0 Å². The van der Waals surface area contributed by atoms with E-state index < -0.39 is 0 Å². The summed E-state index contributed by atoms with van der Waals surface area (Å²) >= 11 is 13.9. The molecule has 1 unspecified atom stereocenters. The molecule has 0 bridgehead atoms. The van der Waals surface area contributed by atoms with Crippen molar-refractivity contribution in [3.8, 4) is 0 Å². The third-order valence-electron chi connectivity index (χ3n) is 3.17. The van der Waals surface area contributed by atoms with Crippen LogP contribution in [0.5, 0.6) is 0 Å². The van der Waals surface area contributed by atoms with Gasteiger partial charge in [0.25, 0.3) is 0 Å². The van der Waals surface area contributed by atoms with Crippen molar-refractivity contribution in [2.45, 2.75) is 13.0 Å².